The minimum atomic E-state index is -0.459. The van der Waals surface area contributed by atoms with E-state index in [2.05, 4.69) is 21.1 Å². The molecule has 0 spiro atoms. The van der Waals surface area contributed by atoms with Crippen molar-refractivity contribution in [2.75, 3.05) is 5.75 Å². The van der Waals surface area contributed by atoms with Crippen molar-refractivity contribution in [2.45, 2.75) is 88.7 Å². The predicted octanol–water partition coefficient (Wildman–Crippen LogP) is 6.72. The first-order valence-corrected chi connectivity index (χ1v) is 15.7. The lowest BCUT2D eigenvalue weighted by molar-refractivity contribution is -0.152. The van der Waals surface area contributed by atoms with E-state index in [4.69, 9.17) is 4.74 Å². The van der Waals surface area contributed by atoms with Crippen molar-refractivity contribution in [1.29, 1.82) is 5.26 Å². The van der Waals surface area contributed by atoms with Gasteiger partial charge in [-0.05, 0) is 51.0 Å². The topological polar surface area (TPSA) is 98.6 Å². The Morgan fingerprint density at radius 3 is 2.92 bits per heavy atom. The highest BCUT2D eigenvalue weighted by atomic mass is 33.1. The molecule has 0 amide bonds. The van der Waals surface area contributed by atoms with Gasteiger partial charge in [-0.3, -0.25) is 14.0 Å². The summed E-state index contributed by atoms with van der Waals surface area (Å²) in [6, 6.07) is 4.41. The van der Waals surface area contributed by atoms with Crippen LogP contribution >= 0.6 is 21.6 Å². The van der Waals surface area contributed by atoms with Crippen LogP contribution in [0.25, 0.3) is 22.3 Å². The second-order valence-electron chi connectivity index (χ2n) is 10.0. The third kappa shape index (κ3) is 6.15. The van der Waals surface area contributed by atoms with E-state index in [9.17, 15) is 10.1 Å². The molecule has 0 bridgehead atoms. The maximum absolute atomic E-state index is 12.5. The molecule has 0 radical (unpaired) electrons. The van der Waals surface area contributed by atoms with Crippen LogP contribution in [0.4, 0.5) is 0 Å². The lowest BCUT2D eigenvalue weighted by atomic mass is 9.96. The second-order valence-corrected chi connectivity index (χ2v) is 12.8. The van der Waals surface area contributed by atoms with Crippen molar-refractivity contribution in [1.82, 2.24) is 24.3 Å². The SMILES string of the molecule is CC(OC(=O)CCCCC1CCSS1)n1ccc2c(-c3cnn([C@H](CC#N)C4CCCC4)c3)ncnc21. The molecule has 1 saturated carbocycles. The minimum absolute atomic E-state index is 0.0958. The summed E-state index contributed by atoms with van der Waals surface area (Å²) >= 11 is 0. The van der Waals surface area contributed by atoms with Crippen LogP contribution in [0.1, 0.15) is 83.4 Å². The molecule has 37 heavy (non-hydrogen) atoms. The van der Waals surface area contributed by atoms with Crippen molar-refractivity contribution in [2.24, 2.45) is 5.92 Å². The number of aromatic nitrogens is 5. The van der Waals surface area contributed by atoms with Gasteiger partial charge >= 0.3 is 5.97 Å². The monoisotopic (exact) mass is 538 g/mol. The number of nitriles is 1. The molecule has 1 saturated heterocycles. The molecule has 5 rings (SSSR count). The number of esters is 1. The molecule has 3 atom stereocenters. The van der Waals surface area contributed by atoms with Crippen molar-refractivity contribution in [3.63, 3.8) is 0 Å². The lowest BCUT2D eigenvalue weighted by Crippen LogP contribution is -2.17. The zero-order chi connectivity index (χ0) is 25.6. The van der Waals surface area contributed by atoms with Gasteiger partial charge < -0.3 is 4.74 Å². The number of unbranched alkanes of at least 4 members (excludes halogenated alkanes) is 1. The van der Waals surface area contributed by atoms with Crippen LogP contribution in [0, 0.1) is 17.2 Å². The zero-order valence-corrected chi connectivity index (χ0v) is 22.9. The maximum Gasteiger partial charge on any atom is 0.307 e. The summed E-state index contributed by atoms with van der Waals surface area (Å²) in [6.45, 7) is 1.87. The number of carbonyl (C=O) groups excluding carboxylic acids is 1. The van der Waals surface area contributed by atoms with Gasteiger partial charge in [0.2, 0.25) is 0 Å². The summed E-state index contributed by atoms with van der Waals surface area (Å²) in [5.41, 5.74) is 2.41. The number of hydrogen-bond donors (Lipinski definition) is 0. The third-order valence-electron chi connectivity index (χ3n) is 7.55. The van der Waals surface area contributed by atoms with E-state index in [0.29, 0.717) is 18.8 Å². The van der Waals surface area contributed by atoms with Crippen molar-refractivity contribution in [3.05, 3.63) is 31.0 Å². The molecule has 10 heteroatoms. The van der Waals surface area contributed by atoms with Gasteiger partial charge in [0.15, 0.2) is 6.23 Å². The molecule has 1 aliphatic carbocycles. The van der Waals surface area contributed by atoms with Crippen molar-refractivity contribution >= 4 is 38.6 Å². The summed E-state index contributed by atoms with van der Waals surface area (Å²) in [5.74, 6) is 1.57. The molecule has 196 valence electrons. The Hall–Kier alpha value is -2.51. The van der Waals surface area contributed by atoms with Gasteiger partial charge in [-0.15, -0.1) is 0 Å². The number of rotatable bonds is 11. The van der Waals surface area contributed by atoms with E-state index in [-0.39, 0.29) is 12.0 Å². The predicted molar refractivity (Wildman–Crippen MR) is 148 cm³/mol. The Labute approximate surface area is 226 Å². The number of nitrogens with zero attached hydrogens (tertiary/aromatic N) is 6. The smallest absolute Gasteiger partial charge is 0.307 e. The summed E-state index contributed by atoms with van der Waals surface area (Å²) in [4.78, 5) is 21.5. The fraction of sp³-hybridized carbons (Fsp3) is 0.593. The van der Waals surface area contributed by atoms with Gasteiger partial charge in [-0.1, -0.05) is 40.9 Å². The lowest BCUT2D eigenvalue weighted by Gasteiger charge is -2.21. The first-order valence-electron chi connectivity index (χ1n) is 13.3. The largest absolute Gasteiger partial charge is 0.441 e. The molecule has 2 unspecified atom stereocenters. The van der Waals surface area contributed by atoms with Crippen molar-refractivity contribution in [3.8, 4) is 17.3 Å². The van der Waals surface area contributed by atoms with Crippen LogP contribution in [0.5, 0.6) is 0 Å². The van der Waals surface area contributed by atoms with Crippen LogP contribution in [-0.4, -0.2) is 41.3 Å². The van der Waals surface area contributed by atoms with Crippen molar-refractivity contribution < 1.29 is 9.53 Å². The van der Waals surface area contributed by atoms with Gasteiger partial charge in [0.25, 0.3) is 0 Å². The minimum Gasteiger partial charge on any atom is -0.441 e. The van der Waals surface area contributed by atoms with Gasteiger partial charge in [-0.2, -0.15) is 10.4 Å². The van der Waals surface area contributed by atoms with E-state index in [1.165, 1.54) is 31.4 Å². The molecule has 3 aromatic heterocycles. The van der Waals surface area contributed by atoms with E-state index in [1.807, 2.05) is 62.4 Å². The first-order chi connectivity index (χ1) is 18.1. The standard InChI is InChI=1S/C27H34N6O2S2/c1-19(35-25(34)9-5-4-8-22-12-15-36-37-22)32-14-11-23-26(29-18-30-27(23)32)21-16-31-33(17-21)24(10-13-28)20-6-2-3-7-20/h11,14,16-20,22,24H,2-10,12,15H2,1H3/t19?,22?,24-/m1/s1. The Bertz CT molecular complexity index is 1240. The summed E-state index contributed by atoms with van der Waals surface area (Å²) in [6.07, 6.45) is 16.9. The van der Waals surface area contributed by atoms with Crippen LogP contribution in [0.2, 0.25) is 0 Å². The molecular weight excluding hydrogens is 504 g/mol. The third-order valence-corrected chi connectivity index (χ3v) is 10.6. The van der Waals surface area contributed by atoms with E-state index < -0.39 is 6.23 Å². The normalized spacial score (nSPS) is 19.7. The van der Waals surface area contributed by atoms with Crippen LogP contribution in [0.15, 0.2) is 31.0 Å². The highest BCUT2D eigenvalue weighted by Gasteiger charge is 2.27. The molecule has 2 aliphatic rings. The molecule has 2 fully saturated rings. The number of hydrogen-bond acceptors (Lipinski definition) is 8. The van der Waals surface area contributed by atoms with E-state index in [0.717, 1.165) is 53.2 Å². The zero-order valence-electron chi connectivity index (χ0n) is 21.3. The quantitative estimate of drug-likeness (QED) is 0.151. The second kappa shape index (κ2) is 12.4. The highest BCUT2D eigenvalue weighted by Crippen LogP contribution is 2.40. The fourth-order valence-corrected chi connectivity index (χ4v) is 8.59. The van der Waals surface area contributed by atoms with Crippen LogP contribution in [-0.2, 0) is 9.53 Å². The molecule has 4 heterocycles. The number of fused-ring (bicyclic) bond motifs is 1. The highest BCUT2D eigenvalue weighted by molar-refractivity contribution is 8.77. The molecule has 8 nitrogen and oxygen atoms in total. The van der Waals surface area contributed by atoms with E-state index >= 15 is 0 Å². The molecule has 3 aromatic rings. The summed E-state index contributed by atoms with van der Waals surface area (Å²) in [7, 11) is 3.95. The summed E-state index contributed by atoms with van der Waals surface area (Å²) in [5, 5.41) is 15.7. The molecule has 0 aromatic carbocycles. The molecular formula is C27H34N6O2S2. The van der Waals surface area contributed by atoms with Gasteiger partial charge in [-0.25, -0.2) is 9.97 Å². The van der Waals surface area contributed by atoms with Gasteiger partial charge in [0.05, 0.1) is 30.4 Å². The van der Waals surface area contributed by atoms with Crippen LogP contribution in [0.3, 0.4) is 0 Å². The summed E-state index contributed by atoms with van der Waals surface area (Å²) < 4.78 is 9.58. The van der Waals surface area contributed by atoms with E-state index in [1.54, 1.807) is 6.33 Å². The average molecular weight is 539 g/mol. The maximum atomic E-state index is 12.5. The Balaban J connectivity index is 1.25. The fourth-order valence-electron chi connectivity index (χ4n) is 5.56. The van der Waals surface area contributed by atoms with Gasteiger partial charge in [0.1, 0.15) is 12.0 Å². The first kappa shape index (κ1) is 26.1. The molecule has 0 N–H and O–H groups in total. The average Bonchev–Trinajstić information content (AvgIpc) is 3.72. The number of carbonyl (C=O) groups is 1. The Morgan fingerprint density at radius 1 is 1.27 bits per heavy atom. The molecule has 1 aliphatic heterocycles. The Morgan fingerprint density at radius 2 is 2.14 bits per heavy atom. The number of ether oxygens (including phenoxy) is 1. The van der Waals surface area contributed by atoms with Crippen LogP contribution < -0.4 is 0 Å². The Kier molecular flexibility index (Phi) is 8.72. The van der Waals surface area contributed by atoms with Gasteiger partial charge in [0, 0.05) is 40.8 Å².